The van der Waals surface area contributed by atoms with Crippen molar-refractivity contribution in [3.63, 3.8) is 0 Å². The van der Waals surface area contributed by atoms with Crippen molar-refractivity contribution in [1.82, 2.24) is 0 Å². The van der Waals surface area contributed by atoms with Crippen LogP contribution in [0.1, 0.15) is 6.42 Å². The van der Waals surface area contributed by atoms with Gasteiger partial charge in [0, 0.05) is 12.6 Å². The van der Waals surface area contributed by atoms with Crippen LogP contribution in [0.5, 0.6) is 0 Å². The van der Waals surface area contributed by atoms with Gasteiger partial charge in [-0.2, -0.15) is 0 Å². The summed E-state index contributed by atoms with van der Waals surface area (Å²) in [6.45, 7) is 3.71. The van der Waals surface area contributed by atoms with Gasteiger partial charge in [0.1, 0.15) is 5.70 Å². The van der Waals surface area contributed by atoms with Crippen LogP contribution in [-0.2, 0) is 9.53 Å². The second-order valence-electron chi connectivity index (χ2n) is 2.20. The zero-order chi connectivity index (χ0) is 8.27. The maximum absolute atomic E-state index is 10.9. The quantitative estimate of drug-likeness (QED) is 0.526. The lowest BCUT2D eigenvalue weighted by molar-refractivity contribution is -0.136. The van der Waals surface area contributed by atoms with Gasteiger partial charge in [0.05, 0.1) is 7.11 Å². The van der Waals surface area contributed by atoms with Crippen LogP contribution < -0.4 is 0 Å². The molecule has 11 heavy (non-hydrogen) atoms. The number of hydrogen-bond donors (Lipinski definition) is 0. The number of carbonyl (C=O) groups excluding carboxylic acids is 1. The molecule has 0 spiro atoms. The molecule has 0 bridgehead atoms. The minimum Gasteiger partial charge on any atom is -0.464 e. The highest BCUT2D eigenvalue weighted by Gasteiger charge is 2.10. The molecular weight excluding hydrogens is 142 g/mol. The van der Waals surface area contributed by atoms with Crippen LogP contribution >= 0.6 is 0 Å². The molecule has 58 valence electrons. The van der Waals surface area contributed by atoms with Gasteiger partial charge in [0.25, 0.3) is 0 Å². The van der Waals surface area contributed by atoms with Crippen molar-refractivity contribution in [3.05, 3.63) is 23.9 Å². The fourth-order valence-corrected chi connectivity index (χ4v) is 0.767. The molecule has 0 saturated heterocycles. The van der Waals surface area contributed by atoms with E-state index in [0.717, 1.165) is 5.57 Å². The molecule has 3 heteroatoms. The maximum atomic E-state index is 10.9. The Morgan fingerprint density at radius 1 is 1.82 bits per heavy atom. The molecule has 0 N–H and O–H groups in total. The minimum absolute atomic E-state index is 0.323. The third-order valence-electron chi connectivity index (χ3n) is 1.32. The number of allylic oxidation sites excluding steroid dienone is 2. The van der Waals surface area contributed by atoms with E-state index in [-0.39, 0.29) is 0 Å². The molecule has 0 fully saturated rings. The zero-order valence-corrected chi connectivity index (χ0v) is 6.33. The molecule has 0 aromatic heterocycles. The van der Waals surface area contributed by atoms with Crippen LogP contribution in [-0.4, -0.2) is 19.3 Å². The minimum atomic E-state index is -0.415. The Hall–Kier alpha value is -1.38. The van der Waals surface area contributed by atoms with E-state index in [9.17, 15) is 4.79 Å². The van der Waals surface area contributed by atoms with Gasteiger partial charge in [0.15, 0.2) is 0 Å². The monoisotopic (exact) mass is 151 g/mol. The first-order chi connectivity index (χ1) is 5.24. The maximum Gasteiger partial charge on any atom is 0.356 e. The highest BCUT2D eigenvalue weighted by atomic mass is 16.5. The normalized spacial score (nSPS) is 16.1. The Kier molecular flexibility index (Phi) is 2.21. The molecule has 0 aromatic carbocycles. The van der Waals surface area contributed by atoms with E-state index < -0.39 is 5.97 Å². The second-order valence-corrected chi connectivity index (χ2v) is 2.20. The summed E-state index contributed by atoms with van der Waals surface area (Å²) in [7, 11) is 1.33. The largest absolute Gasteiger partial charge is 0.464 e. The van der Waals surface area contributed by atoms with Gasteiger partial charge in [-0.3, -0.25) is 4.99 Å². The Labute approximate surface area is 65.1 Å². The van der Waals surface area contributed by atoms with E-state index in [1.54, 1.807) is 12.3 Å². The number of esters is 1. The van der Waals surface area contributed by atoms with Gasteiger partial charge in [0.2, 0.25) is 0 Å². The average Bonchev–Trinajstić information content (AvgIpc) is 2.03. The van der Waals surface area contributed by atoms with Crippen LogP contribution in [0.2, 0.25) is 0 Å². The van der Waals surface area contributed by atoms with Crippen molar-refractivity contribution >= 4 is 12.2 Å². The fourth-order valence-electron chi connectivity index (χ4n) is 0.767. The van der Waals surface area contributed by atoms with E-state index in [4.69, 9.17) is 0 Å². The Bertz CT molecular complexity index is 251. The summed E-state index contributed by atoms with van der Waals surface area (Å²) in [5, 5.41) is 0. The number of nitrogens with zero attached hydrogens (tertiary/aromatic N) is 1. The number of ether oxygens (including phenoxy) is 1. The van der Waals surface area contributed by atoms with Gasteiger partial charge in [-0.05, 0) is 11.6 Å². The first-order valence-corrected chi connectivity index (χ1v) is 3.24. The van der Waals surface area contributed by atoms with Crippen LogP contribution in [0.15, 0.2) is 28.9 Å². The fraction of sp³-hybridized carbons (Fsp3) is 0.250. The molecule has 3 nitrogen and oxygen atoms in total. The molecule has 0 aromatic rings. The summed E-state index contributed by atoms with van der Waals surface area (Å²) < 4.78 is 4.48. The smallest absolute Gasteiger partial charge is 0.356 e. The number of carbonyl (C=O) groups is 1. The molecule has 0 radical (unpaired) electrons. The Balaban J connectivity index is 2.79. The summed E-state index contributed by atoms with van der Waals surface area (Å²) in [5.74, 6) is -0.415. The van der Waals surface area contributed by atoms with Crippen molar-refractivity contribution in [2.75, 3.05) is 7.11 Å². The summed E-state index contributed by atoms with van der Waals surface area (Å²) in [6.07, 6.45) is 3.99. The third-order valence-corrected chi connectivity index (χ3v) is 1.32. The third kappa shape index (κ3) is 1.77. The predicted molar refractivity (Wildman–Crippen MR) is 42.3 cm³/mol. The second kappa shape index (κ2) is 3.14. The number of methoxy groups -OCH3 is 1. The van der Waals surface area contributed by atoms with E-state index in [0.29, 0.717) is 12.1 Å². The standard InChI is InChI=1S/C8H9NO2/c1-6-3-4-9-7(5-6)8(10)11-2/h4-5H,1,3H2,2H3. The zero-order valence-electron chi connectivity index (χ0n) is 6.33. The highest BCUT2D eigenvalue weighted by molar-refractivity contribution is 5.91. The first-order valence-electron chi connectivity index (χ1n) is 3.24. The summed E-state index contributed by atoms with van der Waals surface area (Å²) in [6, 6.07) is 0. The van der Waals surface area contributed by atoms with Gasteiger partial charge in [-0.25, -0.2) is 4.79 Å². The lowest BCUT2D eigenvalue weighted by atomic mass is 10.1. The van der Waals surface area contributed by atoms with Crippen molar-refractivity contribution in [2.24, 2.45) is 4.99 Å². The van der Waals surface area contributed by atoms with Crippen LogP contribution in [0.4, 0.5) is 0 Å². The van der Waals surface area contributed by atoms with Gasteiger partial charge < -0.3 is 4.74 Å². The van der Waals surface area contributed by atoms with Crippen molar-refractivity contribution in [1.29, 1.82) is 0 Å². The van der Waals surface area contributed by atoms with Crippen LogP contribution in [0.3, 0.4) is 0 Å². The summed E-state index contributed by atoms with van der Waals surface area (Å²) >= 11 is 0. The van der Waals surface area contributed by atoms with E-state index in [1.807, 2.05) is 0 Å². The highest BCUT2D eigenvalue weighted by Crippen LogP contribution is 2.11. The van der Waals surface area contributed by atoms with Gasteiger partial charge in [-0.1, -0.05) is 6.58 Å². The summed E-state index contributed by atoms with van der Waals surface area (Å²) in [4.78, 5) is 14.7. The lowest BCUT2D eigenvalue weighted by Gasteiger charge is -2.04. The first kappa shape index (κ1) is 7.72. The Morgan fingerprint density at radius 2 is 2.55 bits per heavy atom. The number of hydrogen-bond acceptors (Lipinski definition) is 3. The van der Waals surface area contributed by atoms with E-state index in [2.05, 4.69) is 16.3 Å². The van der Waals surface area contributed by atoms with Crippen molar-refractivity contribution < 1.29 is 9.53 Å². The summed E-state index contributed by atoms with van der Waals surface area (Å²) in [5.41, 5.74) is 1.20. The average molecular weight is 151 g/mol. The van der Waals surface area contributed by atoms with Gasteiger partial charge >= 0.3 is 5.97 Å². The molecule has 0 amide bonds. The van der Waals surface area contributed by atoms with E-state index in [1.165, 1.54) is 7.11 Å². The van der Waals surface area contributed by atoms with Crippen molar-refractivity contribution in [3.8, 4) is 0 Å². The predicted octanol–water partition coefficient (Wildman–Crippen LogP) is 1.07. The molecule has 1 aliphatic heterocycles. The topological polar surface area (TPSA) is 38.7 Å². The molecule has 0 aliphatic carbocycles. The SMILES string of the molecule is C=C1C=C(C(=O)OC)N=CC1. The molecular formula is C8H9NO2. The molecule has 0 unspecified atom stereocenters. The molecule has 0 atom stereocenters. The molecule has 1 aliphatic rings. The van der Waals surface area contributed by atoms with Crippen LogP contribution in [0, 0.1) is 0 Å². The number of aliphatic imine (C=N–C) groups is 1. The molecule has 1 rings (SSSR count). The molecule has 0 saturated carbocycles. The van der Waals surface area contributed by atoms with Crippen molar-refractivity contribution in [2.45, 2.75) is 6.42 Å². The van der Waals surface area contributed by atoms with Gasteiger partial charge in [-0.15, -0.1) is 0 Å². The number of rotatable bonds is 1. The molecule has 1 heterocycles. The Morgan fingerprint density at radius 3 is 3.09 bits per heavy atom. The van der Waals surface area contributed by atoms with E-state index >= 15 is 0 Å². The van der Waals surface area contributed by atoms with Crippen LogP contribution in [0.25, 0.3) is 0 Å². The lowest BCUT2D eigenvalue weighted by Crippen LogP contribution is -2.05.